The van der Waals surface area contributed by atoms with E-state index in [0.717, 1.165) is 0 Å². The highest BCUT2D eigenvalue weighted by molar-refractivity contribution is 6.01. The van der Waals surface area contributed by atoms with Gasteiger partial charge in [0, 0.05) is 18.5 Å². The van der Waals surface area contributed by atoms with Crippen LogP contribution in [0.15, 0.2) is 33.5 Å². The van der Waals surface area contributed by atoms with Crippen LogP contribution in [0.1, 0.15) is 16.8 Å². The van der Waals surface area contributed by atoms with Crippen LogP contribution in [0, 0.1) is 0 Å². The molecule has 1 atom stereocenters. The lowest BCUT2D eigenvalue weighted by Gasteiger charge is -2.34. The molecule has 0 unspecified atom stereocenters. The average molecular weight is 374 g/mol. The SMILES string of the molecule is COC(=O)C[C@@H]1C(=O)NCCN1C(=O)c1cc2cccc(OC)c2oc1=O. The lowest BCUT2D eigenvalue weighted by atomic mass is 10.1. The second-order valence-electron chi connectivity index (χ2n) is 5.91. The van der Waals surface area contributed by atoms with Crippen LogP contribution in [0.3, 0.4) is 0 Å². The van der Waals surface area contributed by atoms with Crippen molar-refractivity contribution in [2.75, 3.05) is 27.3 Å². The first-order chi connectivity index (χ1) is 13.0. The monoisotopic (exact) mass is 374 g/mol. The molecule has 0 bridgehead atoms. The summed E-state index contributed by atoms with van der Waals surface area (Å²) in [7, 11) is 2.64. The number of hydrogen-bond acceptors (Lipinski definition) is 7. The van der Waals surface area contributed by atoms with Gasteiger partial charge in [0.15, 0.2) is 11.3 Å². The maximum Gasteiger partial charge on any atom is 0.349 e. The quantitative estimate of drug-likeness (QED) is 0.605. The Morgan fingerprint density at radius 2 is 2.07 bits per heavy atom. The molecule has 0 spiro atoms. The van der Waals surface area contributed by atoms with Crippen LogP contribution >= 0.6 is 0 Å². The van der Waals surface area contributed by atoms with Gasteiger partial charge in [-0.25, -0.2) is 4.79 Å². The third-order valence-electron chi connectivity index (χ3n) is 4.35. The van der Waals surface area contributed by atoms with Gasteiger partial charge < -0.3 is 24.1 Å². The summed E-state index contributed by atoms with van der Waals surface area (Å²) >= 11 is 0. The van der Waals surface area contributed by atoms with Gasteiger partial charge in [0.05, 0.1) is 20.6 Å². The Morgan fingerprint density at radius 3 is 2.78 bits per heavy atom. The Kier molecular flexibility index (Phi) is 5.11. The van der Waals surface area contributed by atoms with Gasteiger partial charge in [-0.3, -0.25) is 14.4 Å². The molecule has 3 rings (SSSR count). The lowest BCUT2D eigenvalue weighted by molar-refractivity contribution is -0.145. The number of benzene rings is 1. The maximum atomic E-state index is 12.9. The van der Waals surface area contributed by atoms with Crippen LogP contribution in [0.5, 0.6) is 5.75 Å². The number of carbonyl (C=O) groups is 3. The largest absolute Gasteiger partial charge is 0.493 e. The molecule has 2 aromatic rings. The van der Waals surface area contributed by atoms with Gasteiger partial charge in [-0.05, 0) is 12.1 Å². The van der Waals surface area contributed by atoms with Crippen LogP contribution in [0.4, 0.5) is 0 Å². The number of fused-ring (bicyclic) bond motifs is 1. The molecule has 9 nitrogen and oxygen atoms in total. The fraction of sp³-hybridized carbons (Fsp3) is 0.333. The minimum absolute atomic E-state index is 0.155. The van der Waals surface area contributed by atoms with Crippen LogP contribution in [0.25, 0.3) is 11.0 Å². The van der Waals surface area contributed by atoms with Crippen LogP contribution in [-0.4, -0.2) is 56.0 Å². The third-order valence-corrected chi connectivity index (χ3v) is 4.35. The summed E-state index contributed by atoms with van der Waals surface area (Å²) in [5.41, 5.74) is -0.843. The van der Waals surface area contributed by atoms with Crippen LogP contribution < -0.4 is 15.7 Å². The van der Waals surface area contributed by atoms with E-state index in [2.05, 4.69) is 10.1 Å². The van der Waals surface area contributed by atoms with E-state index >= 15 is 0 Å². The molecule has 0 saturated carbocycles. The highest BCUT2D eigenvalue weighted by Crippen LogP contribution is 2.25. The van der Waals surface area contributed by atoms with Crippen molar-refractivity contribution in [1.82, 2.24) is 10.2 Å². The van der Waals surface area contributed by atoms with Crippen molar-refractivity contribution in [3.63, 3.8) is 0 Å². The summed E-state index contributed by atoms with van der Waals surface area (Å²) in [6.07, 6.45) is -0.305. The van der Waals surface area contributed by atoms with E-state index in [1.165, 1.54) is 25.2 Å². The van der Waals surface area contributed by atoms with E-state index in [9.17, 15) is 19.2 Å². The van der Waals surface area contributed by atoms with Crippen molar-refractivity contribution in [3.05, 3.63) is 40.2 Å². The highest BCUT2D eigenvalue weighted by atomic mass is 16.5. The fourth-order valence-corrected chi connectivity index (χ4v) is 2.98. The first kappa shape index (κ1) is 18.4. The fourth-order valence-electron chi connectivity index (χ4n) is 2.98. The number of nitrogens with one attached hydrogen (secondary N) is 1. The van der Waals surface area contributed by atoms with E-state index in [1.54, 1.807) is 18.2 Å². The molecule has 0 radical (unpaired) electrons. The molecule has 0 aliphatic carbocycles. The summed E-state index contributed by atoms with van der Waals surface area (Å²) in [6, 6.07) is 5.34. The van der Waals surface area contributed by atoms with Gasteiger partial charge in [-0.1, -0.05) is 12.1 Å². The van der Waals surface area contributed by atoms with E-state index < -0.39 is 29.5 Å². The molecule has 1 aromatic heterocycles. The first-order valence-corrected chi connectivity index (χ1v) is 8.22. The Bertz CT molecular complexity index is 966. The zero-order valence-electron chi connectivity index (χ0n) is 14.8. The second-order valence-corrected chi connectivity index (χ2v) is 5.91. The van der Waals surface area contributed by atoms with Gasteiger partial charge in [0.1, 0.15) is 11.6 Å². The number of methoxy groups -OCH3 is 2. The minimum Gasteiger partial charge on any atom is -0.493 e. The van der Waals surface area contributed by atoms with Crippen molar-refractivity contribution in [3.8, 4) is 5.75 Å². The van der Waals surface area contributed by atoms with Gasteiger partial charge in [-0.15, -0.1) is 0 Å². The van der Waals surface area contributed by atoms with E-state index in [4.69, 9.17) is 9.15 Å². The van der Waals surface area contributed by atoms with E-state index in [-0.39, 0.29) is 30.7 Å². The number of piperazine rings is 1. The summed E-state index contributed by atoms with van der Waals surface area (Å²) in [5, 5.41) is 3.10. The Labute approximate surface area is 153 Å². The Balaban J connectivity index is 2.00. The predicted molar refractivity (Wildman–Crippen MR) is 93.5 cm³/mol. The molecule has 1 aliphatic rings. The topological polar surface area (TPSA) is 115 Å². The molecular weight excluding hydrogens is 356 g/mol. The van der Waals surface area contributed by atoms with Crippen LogP contribution in [0.2, 0.25) is 0 Å². The number of nitrogens with zero attached hydrogens (tertiary/aromatic N) is 1. The molecule has 1 aromatic carbocycles. The van der Waals surface area contributed by atoms with Gasteiger partial charge in [-0.2, -0.15) is 0 Å². The Hall–Kier alpha value is -3.36. The first-order valence-electron chi connectivity index (χ1n) is 8.22. The van der Waals surface area contributed by atoms with Crippen molar-refractivity contribution in [1.29, 1.82) is 0 Å². The number of para-hydroxylation sites is 1. The smallest absolute Gasteiger partial charge is 0.349 e. The second kappa shape index (κ2) is 7.48. The van der Waals surface area contributed by atoms with Gasteiger partial charge in [0.2, 0.25) is 5.91 Å². The summed E-state index contributed by atoms with van der Waals surface area (Å²) in [5.74, 6) is -1.43. The molecule has 1 aliphatic heterocycles. The Morgan fingerprint density at radius 1 is 1.30 bits per heavy atom. The number of amides is 2. The van der Waals surface area contributed by atoms with E-state index in [0.29, 0.717) is 11.1 Å². The molecule has 2 heterocycles. The summed E-state index contributed by atoms with van der Waals surface area (Å²) < 4.78 is 15.0. The van der Waals surface area contributed by atoms with Crippen LogP contribution in [-0.2, 0) is 14.3 Å². The number of ether oxygens (including phenoxy) is 2. The molecule has 27 heavy (non-hydrogen) atoms. The van der Waals surface area contributed by atoms with Crippen molar-refractivity contribution in [2.45, 2.75) is 12.5 Å². The number of carbonyl (C=O) groups excluding carboxylic acids is 3. The van der Waals surface area contributed by atoms with Gasteiger partial charge >= 0.3 is 11.6 Å². The highest BCUT2D eigenvalue weighted by Gasteiger charge is 2.36. The lowest BCUT2D eigenvalue weighted by Crippen LogP contribution is -2.58. The average Bonchev–Trinajstić information content (AvgIpc) is 2.67. The predicted octanol–water partition coefficient (Wildman–Crippen LogP) is 0.305. The molecule has 1 saturated heterocycles. The standard InChI is InChI=1S/C18H18N2O7/c1-25-13-5-3-4-10-8-11(18(24)27-15(10)13)17(23)20-7-6-19-16(22)12(20)9-14(21)26-2/h3-5,8,12H,6-7,9H2,1-2H3,(H,19,22)/t12-/m1/s1. The molecule has 142 valence electrons. The zero-order valence-corrected chi connectivity index (χ0v) is 14.8. The maximum absolute atomic E-state index is 12.9. The number of rotatable bonds is 4. The molecule has 1 N–H and O–H groups in total. The van der Waals surface area contributed by atoms with Gasteiger partial charge in [0.25, 0.3) is 5.91 Å². The van der Waals surface area contributed by atoms with Crippen molar-refractivity contribution < 1.29 is 28.3 Å². The molecule has 9 heteroatoms. The third kappa shape index (κ3) is 3.48. The minimum atomic E-state index is -1.06. The molecule has 2 amide bonds. The molecule has 1 fully saturated rings. The van der Waals surface area contributed by atoms with Crippen molar-refractivity contribution in [2.24, 2.45) is 0 Å². The van der Waals surface area contributed by atoms with Crippen molar-refractivity contribution >= 4 is 28.8 Å². The normalized spacial score (nSPS) is 16.7. The summed E-state index contributed by atoms with van der Waals surface area (Å²) in [6.45, 7) is 0.372. The van der Waals surface area contributed by atoms with E-state index in [1.807, 2.05) is 0 Å². The summed E-state index contributed by atoms with van der Waals surface area (Å²) in [4.78, 5) is 50.3. The zero-order chi connectivity index (χ0) is 19.6. The number of esters is 1. The molecular formula is C18H18N2O7. The number of hydrogen-bond donors (Lipinski definition) is 1.